The van der Waals surface area contributed by atoms with Crippen LogP contribution in [0.15, 0.2) is 63.8 Å². The zero-order valence-electron chi connectivity index (χ0n) is 12.6. The van der Waals surface area contributed by atoms with Gasteiger partial charge in [-0.05, 0) is 24.6 Å². The fourth-order valence-electron chi connectivity index (χ4n) is 2.23. The molecular formula is C16H13N3O4S. The van der Waals surface area contributed by atoms with Gasteiger partial charge in [0.2, 0.25) is 0 Å². The number of nitrogens with zero attached hydrogens (tertiary/aromatic N) is 3. The number of fused-ring (bicyclic) bond motifs is 1. The largest absolute Gasteiger partial charge is 0.505 e. The van der Waals surface area contributed by atoms with Crippen LogP contribution < -0.4 is 0 Å². The molecule has 8 heteroatoms. The summed E-state index contributed by atoms with van der Waals surface area (Å²) in [5, 5.41) is 18.5. The van der Waals surface area contributed by atoms with E-state index >= 15 is 0 Å². The van der Waals surface area contributed by atoms with Crippen molar-refractivity contribution in [3.63, 3.8) is 0 Å². The summed E-state index contributed by atoms with van der Waals surface area (Å²) >= 11 is 0. The lowest BCUT2D eigenvalue weighted by Gasteiger charge is -2.08. The number of pyridine rings is 1. The summed E-state index contributed by atoms with van der Waals surface area (Å²) in [6, 6.07) is 10.8. The molecular weight excluding hydrogens is 330 g/mol. The molecule has 0 aliphatic heterocycles. The van der Waals surface area contributed by atoms with Gasteiger partial charge in [-0.3, -0.25) is 4.55 Å². The van der Waals surface area contributed by atoms with Gasteiger partial charge in [-0.15, -0.1) is 10.2 Å². The highest BCUT2D eigenvalue weighted by molar-refractivity contribution is 7.86. The van der Waals surface area contributed by atoms with Crippen molar-refractivity contribution in [2.45, 2.75) is 11.8 Å². The molecule has 1 heterocycles. The van der Waals surface area contributed by atoms with Crippen molar-refractivity contribution in [3.05, 3.63) is 54.2 Å². The highest BCUT2D eigenvalue weighted by Gasteiger charge is 2.19. The zero-order valence-corrected chi connectivity index (χ0v) is 13.4. The van der Waals surface area contributed by atoms with E-state index in [-0.39, 0.29) is 27.1 Å². The molecule has 0 bridgehead atoms. The summed E-state index contributed by atoms with van der Waals surface area (Å²) in [7, 11) is -4.49. The third-order valence-corrected chi connectivity index (χ3v) is 4.29. The molecule has 0 radical (unpaired) electrons. The van der Waals surface area contributed by atoms with Crippen LogP contribution in [0.25, 0.3) is 10.8 Å². The van der Waals surface area contributed by atoms with Gasteiger partial charge in [-0.2, -0.15) is 8.42 Å². The van der Waals surface area contributed by atoms with Gasteiger partial charge < -0.3 is 5.11 Å². The number of aromatic hydroxyl groups is 1. The fraction of sp³-hybridized carbons (Fsp3) is 0.0625. The lowest BCUT2D eigenvalue weighted by atomic mass is 10.1. The quantitative estimate of drug-likeness (QED) is 0.553. The maximum absolute atomic E-state index is 11.6. The van der Waals surface area contributed by atoms with Crippen molar-refractivity contribution in [1.82, 2.24) is 4.98 Å². The van der Waals surface area contributed by atoms with Gasteiger partial charge in [0.15, 0.2) is 11.6 Å². The van der Waals surface area contributed by atoms with Crippen molar-refractivity contribution in [1.29, 1.82) is 0 Å². The number of hydrogen-bond acceptors (Lipinski definition) is 6. The van der Waals surface area contributed by atoms with Crippen LogP contribution in [0.5, 0.6) is 5.75 Å². The topological polar surface area (TPSA) is 112 Å². The molecule has 0 amide bonds. The maximum atomic E-state index is 11.6. The molecule has 0 saturated heterocycles. The number of hydrogen-bond donors (Lipinski definition) is 2. The summed E-state index contributed by atoms with van der Waals surface area (Å²) < 4.78 is 32.6. The van der Waals surface area contributed by atoms with E-state index in [0.717, 1.165) is 11.6 Å². The third-order valence-electron chi connectivity index (χ3n) is 3.39. The Labute approximate surface area is 138 Å². The van der Waals surface area contributed by atoms with Crippen LogP contribution in [0.1, 0.15) is 5.56 Å². The Bertz CT molecular complexity index is 1040. The van der Waals surface area contributed by atoms with Crippen LogP contribution >= 0.6 is 0 Å². The molecule has 0 unspecified atom stereocenters. The predicted octanol–water partition coefficient (Wildman–Crippen LogP) is 3.91. The molecule has 24 heavy (non-hydrogen) atoms. The van der Waals surface area contributed by atoms with Crippen molar-refractivity contribution >= 4 is 32.4 Å². The zero-order chi connectivity index (χ0) is 17.3. The molecule has 1 aromatic heterocycles. The van der Waals surface area contributed by atoms with Gasteiger partial charge in [0.25, 0.3) is 10.1 Å². The number of azo groups is 1. The fourth-order valence-corrected chi connectivity index (χ4v) is 2.94. The van der Waals surface area contributed by atoms with E-state index in [4.69, 9.17) is 0 Å². The highest BCUT2D eigenvalue weighted by Crippen LogP contribution is 2.39. The van der Waals surface area contributed by atoms with Gasteiger partial charge in [0.1, 0.15) is 10.6 Å². The van der Waals surface area contributed by atoms with Gasteiger partial charge in [0.05, 0.1) is 0 Å². The first-order valence-electron chi connectivity index (χ1n) is 6.93. The molecule has 7 nitrogen and oxygen atoms in total. The van der Waals surface area contributed by atoms with Gasteiger partial charge in [-0.1, -0.05) is 30.3 Å². The Hall–Kier alpha value is -2.84. The minimum atomic E-state index is -4.49. The summed E-state index contributed by atoms with van der Waals surface area (Å²) in [6.45, 7) is 1.88. The molecule has 0 atom stereocenters. The summed E-state index contributed by atoms with van der Waals surface area (Å²) in [4.78, 5) is 3.70. The van der Waals surface area contributed by atoms with Gasteiger partial charge in [0, 0.05) is 17.0 Å². The third kappa shape index (κ3) is 3.10. The SMILES string of the molecule is Cc1ccc(N=Nc2cc(S(=O)(=O)O)c3ccccc3c2O)nc1. The van der Waals surface area contributed by atoms with E-state index in [0.29, 0.717) is 5.82 Å². The second-order valence-corrected chi connectivity index (χ2v) is 6.55. The number of rotatable bonds is 3. The highest BCUT2D eigenvalue weighted by atomic mass is 32.2. The molecule has 0 aliphatic carbocycles. The lowest BCUT2D eigenvalue weighted by Crippen LogP contribution is -1.99. The van der Waals surface area contributed by atoms with E-state index in [9.17, 15) is 18.1 Å². The van der Waals surface area contributed by atoms with E-state index in [2.05, 4.69) is 15.2 Å². The van der Waals surface area contributed by atoms with E-state index in [1.807, 2.05) is 6.92 Å². The van der Waals surface area contributed by atoms with Crippen LogP contribution in [0, 0.1) is 6.92 Å². The number of benzene rings is 2. The van der Waals surface area contributed by atoms with E-state index < -0.39 is 10.1 Å². The molecule has 0 aliphatic rings. The summed E-state index contributed by atoms with van der Waals surface area (Å²) in [5.74, 6) is 0.0791. The Morgan fingerprint density at radius 1 is 1.04 bits per heavy atom. The minimum Gasteiger partial charge on any atom is -0.505 e. The Kier molecular flexibility index (Phi) is 4.00. The first-order valence-corrected chi connectivity index (χ1v) is 8.37. The van der Waals surface area contributed by atoms with Gasteiger partial charge >= 0.3 is 0 Å². The number of aryl methyl sites for hydroxylation is 1. The molecule has 0 saturated carbocycles. The Morgan fingerprint density at radius 3 is 2.38 bits per heavy atom. The second-order valence-electron chi connectivity index (χ2n) is 5.16. The normalized spacial score (nSPS) is 12.1. The lowest BCUT2D eigenvalue weighted by molar-refractivity contribution is 0.480. The van der Waals surface area contributed by atoms with Crippen molar-refractivity contribution in [2.75, 3.05) is 0 Å². The second kappa shape index (κ2) is 5.99. The number of aromatic nitrogens is 1. The van der Waals surface area contributed by atoms with Crippen LogP contribution in [0.4, 0.5) is 11.5 Å². The maximum Gasteiger partial charge on any atom is 0.295 e. The molecule has 3 rings (SSSR count). The van der Waals surface area contributed by atoms with E-state index in [1.54, 1.807) is 30.5 Å². The van der Waals surface area contributed by atoms with Crippen molar-refractivity contribution < 1.29 is 18.1 Å². The predicted molar refractivity (Wildman–Crippen MR) is 88.6 cm³/mol. The first kappa shape index (κ1) is 16.0. The monoisotopic (exact) mass is 343 g/mol. The van der Waals surface area contributed by atoms with Crippen LogP contribution in [-0.4, -0.2) is 23.1 Å². The average molecular weight is 343 g/mol. The average Bonchev–Trinajstić information content (AvgIpc) is 2.55. The number of phenolic OH excluding ortho intramolecular Hbond substituents is 1. The van der Waals surface area contributed by atoms with Crippen LogP contribution in [0.3, 0.4) is 0 Å². The van der Waals surface area contributed by atoms with Crippen LogP contribution in [-0.2, 0) is 10.1 Å². The Balaban J connectivity index is 2.18. The molecule has 0 spiro atoms. The first-order chi connectivity index (χ1) is 11.4. The molecule has 0 fully saturated rings. The van der Waals surface area contributed by atoms with Gasteiger partial charge in [-0.25, -0.2) is 4.98 Å². The van der Waals surface area contributed by atoms with Crippen LogP contribution in [0.2, 0.25) is 0 Å². The molecule has 3 aromatic rings. The van der Waals surface area contributed by atoms with E-state index in [1.165, 1.54) is 12.1 Å². The standard InChI is InChI=1S/C16H13N3O4S/c1-10-6-7-15(17-9-10)19-18-13-8-14(24(21,22)23)11-4-2-3-5-12(11)16(13)20/h2-9,20H,1H3,(H,21,22,23). The minimum absolute atomic E-state index is 0.0799. The molecule has 2 N–H and O–H groups in total. The molecule has 122 valence electrons. The van der Waals surface area contributed by atoms with Crippen molar-refractivity contribution in [2.24, 2.45) is 10.2 Å². The smallest absolute Gasteiger partial charge is 0.295 e. The summed E-state index contributed by atoms with van der Waals surface area (Å²) in [5.41, 5.74) is 0.875. The molecule has 2 aromatic carbocycles. The van der Waals surface area contributed by atoms with Crippen molar-refractivity contribution in [3.8, 4) is 5.75 Å². The number of phenols is 1. The summed E-state index contributed by atoms with van der Waals surface area (Å²) in [6.07, 6.45) is 1.61. The Morgan fingerprint density at radius 2 is 1.75 bits per heavy atom.